The molecule has 3 nitrogen and oxygen atoms in total. The molecule has 1 aromatic carbocycles. The molecule has 22 heavy (non-hydrogen) atoms. The highest BCUT2D eigenvalue weighted by molar-refractivity contribution is 6.71. The van der Waals surface area contributed by atoms with Gasteiger partial charge in [0.2, 0.25) is 0 Å². The van der Waals surface area contributed by atoms with Gasteiger partial charge in [0.1, 0.15) is 0 Å². The molecule has 121 valence electrons. The number of rotatable bonds is 5. The lowest BCUT2D eigenvalue weighted by atomic mass is 9.68. The van der Waals surface area contributed by atoms with Crippen molar-refractivity contribution in [3.8, 4) is 0 Å². The quantitative estimate of drug-likeness (QED) is 0.781. The fourth-order valence-corrected chi connectivity index (χ4v) is 4.10. The molecule has 1 aromatic rings. The van der Waals surface area contributed by atoms with Crippen molar-refractivity contribution in [2.75, 3.05) is 13.7 Å². The van der Waals surface area contributed by atoms with Crippen LogP contribution in [0.1, 0.15) is 39.1 Å². The number of methoxy groups -OCH3 is 1. The van der Waals surface area contributed by atoms with E-state index in [1.165, 1.54) is 10.8 Å². The van der Waals surface area contributed by atoms with Gasteiger partial charge in [-0.2, -0.15) is 0 Å². The van der Waals surface area contributed by atoms with E-state index < -0.39 is 8.80 Å². The van der Waals surface area contributed by atoms with Crippen LogP contribution in [0.2, 0.25) is 13.1 Å². The van der Waals surface area contributed by atoms with Crippen LogP contribution in [0, 0.1) is 0 Å². The van der Waals surface area contributed by atoms with Gasteiger partial charge in [-0.25, -0.2) is 0 Å². The molecular weight excluding hydrogens is 291 g/mol. The Balaban J connectivity index is 2.37. The van der Waals surface area contributed by atoms with Crippen LogP contribution >= 0.6 is 0 Å². The van der Waals surface area contributed by atoms with Gasteiger partial charge < -0.3 is 14.0 Å². The second kappa shape index (κ2) is 6.48. The van der Waals surface area contributed by atoms with Crippen LogP contribution in [0.25, 0.3) is 0 Å². The third-order valence-electron chi connectivity index (χ3n) is 4.85. The molecule has 1 radical (unpaired) electrons. The molecule has 0 bridgehead atoms. The summed E-state index contributed by atoms with van der Waals surface area (Å²) in [5.41, 5.74) is 0.678. The standard InChI is InChI=1S/C17H28BO3Si/c1-16(2)17(3,4)21-18(20-16)14(12-19-5)13-10-8-9-11-15(13)22(6)7/h8-11,14H,12H2,1-7H3. The molecule has 0 saturated carbocycles. The molecule has 0 N–H and O–H groups in total. The number of hydrogen-bond donors (Lipinski definition) is 0. The Morgan fingerprint density at radius 2 is 1.64 bits per heavy atom. The second-order valence-corrected chi connectivity index (χ2v) is 9.81. The van der Waals surface area contributed by atoms with Gasteiger partial charge in [-0.3, -0.25) is 0 Å². The number of ether oxygens (including phenoxy) is 1. The van der Waals surface area contributed by atoms with E-state index in [1.54, 1.807) is 7.11 Å². The first-order valence-electron chi connectivity index (χ1n) is 7.93. The zero-order valence-electron chi connectivity index (χ0n) is 14.9. The fourth-order valence-electron chi connectivity index (χ4n) is 2.82. The smallest absolute Gasteiger partial charge is 0.403 e. The summed E-state index contributed by atoms with van der Waals surface area (Å²) >= 11 is 0. The average molecular weight is 319 g/mol. The van der Waals surface area contributed by atoms with E-state index in [1.807, 2.05) is 0 Å². The van der Waals surface area contributed by atoms with Gasteiger partial charge in [-0.15, -0.1) is 0 Å². The molecule has 0 spiro atoms. The highest BCUT2D eigenvalue weighted by atomic mass is 28.3. The van der Waals surface area contributed by atoms with E-state index >= 15 is 0 Å². The van der Waals surface area contributed by atoms with E-state index in [2.05, 4.69) is 65.1 Å². The molecule has 1 fully saturated rings. The molecule has 0 aliphatic carbocycles. The summed E-state index contributed by atoms with van der Waals surface area (Å²) in [6.07, 6.45) is 0. The van der Waals surface area contributed by atoms with Gasteiger partial charge in [0.15, 0.2) is 0 Å². The first-order chi connectivity index (χ1) is 10.2. The Morgan fingerprint density at radius 3 is 2.14 bits per heavy atom. The maximum atomic E-state index is 6.28. The predicted molar refractivity (Wildman–Crippen MR) is 94.3 cm³/mol. The Hall–Kier alpha value is -0.618. The summed E-state index contributed by atoms with van der Waals surface area (Å²) < 4.78 is 18.0. The zero-order valence-corrected chi connectivity index (χ0v) is 15.9. The van der Waals surface area contributed by atoms with Crippen molar-refractivity contribution in [2.45, 2.75) is 57.8 Å². The van der Waals surface area contributed by atoms with Crippen LogP contribution in [-0.2, 0) is 14.0 Å². The van der Waals surface area contributed by atoms with Gasteiger partial charge in [0, 0.05) is 12.9 Å². The van der Waals surface area contributed by atoms with E-state index in [-0.39, 0.29) is 24.1 Å². The molecule has 5 heteroatoms. The first kappa shape index (κ1) is 17.7. The first-order valence-corrected chi connectivity index (χ1v) is 10.4. The fraction of sp³-hybridized carbons (Fsp3) is 0.647. The third kappa shape index (κ3) is 3.32. The van der Waals surface area contributed by atoms with Gasteiger partial charge in [0.25, 0.3) is 0 Å². The van der Waals surface area contributed by atoms with Gasteiger partial charge in [-0.05, 0) is 33.3 Å². The summed E-state index contributed by atoms with van der Waals surface area (Å²) in [5.74, 6) is 0.0992. The molecule has 1 atom stereocenters. The minimum Gasteiger partial charge on any atom is -0.403 e. The Kier molecular flexibility index (Phi) is 5.22. The van der Waals surface area contributed by atoms with Gasteiger partial charge >= 0.3 is 7.12 Å². The minimum atomic E-state index is -0.557. The normalized spacial score (nSPS) is 21.4. The number of hydrogen-bond acceptors (Lipinski definition) is 3. The second-order valence-electron chi connectivity index (χ2n) is 7.27. The largest absolute Gasteiger partial charge is 0.468 e. The molecule has 1 unspecified atom stereocenters. The van der Waals surface area contributed by atoms with Crippen molar-refractivity contribution in [3.05, 3.63) is 29.8 Å². The summed E-state index contributed by atoms with van der Waals surface area (Å²) in [6.45, 7) is 13.6. The summed E-state index contributed by atoms with van der Waals surface area (Å²) in [4.78, 5) is 0. The van der Waals surface area contributed by atoms with Gasteiger partial charge in [-0.1, -0.05) is 42.5 Å². The van der Waals surface area contributed by atoms with Crippen LogP contribution in [-0.4, -0.2) is 40.8 Å². The van der Waals surface area contributed by atoms with E-state index in [0.717, 1.165) is 0 Å². The van der Waals surface area contributed by atoms with Crippen molar-refractivity contribution in [1.29, 1.82) is 0 Å². The van der Waals surface area contributed by atoms with E-state index in [9.17, 15) is 0 Å². The molecule has 0 amide bonds. The molecule has 0 aromatic heterocycles. The van der Waals surface area contributed by atoms with E-state index in [4.69, 9.17) is 14.0 Å². The average Bonchev–Trinajstić information content (AvgIpc) is 2.64. The topological polar surface area (TPSA) is 27.7 Å². The molecule has 2 rings (SSSR count). The van der Waals surface area contributed by atoms with Crippen LogP contribution in [0.4, 0.5) is 0 Å². The van der Waals surface area contributed by atoms with Crippen molar-refractivity contribution in [1.82, 2.24) is 0 Å². The summed E-state index contributed by atoms with van der Waals surface area (Å²) in [5, 5.41) is 1.43. The molecule has 1 aliphatic rings. The number of benzene rings is 1. The van der Waals surface area contributed by atoms with Gasteiger partial charge in [0.05, 0.1) is 26.6 Å². The lowest BCUT2D eigenvalue weighted by Gasteiger charge is -2.32. The highest BCUT2D eigenvalue weighted by Gasteiger charge is 2.54. The van der Waals surface area contributed by atoms with Crippen molar-refractivity contribution >= 4 is 21.1 Å². The van der Waals surface area contributed by atoms with Crippen molar-refractivity contribution < 1.29 is 14.0 Å². The monoisotopic (exact) mass is 319 g/mol. The van der Waals surface area contributed by atoms with Crippen LogP contribution in [0.5, 0.6) is 0 Å². The minimum absolute atomic E-state index is 0.0992. The molecule has 1 aliphatic heterocycles. The summed E-state index contributed by atoms with van der Waals surface area (Å²) in [7, 11) is 0.913. The van der Waals surface area contributed by atoms with Crippen molar-refractivity contribution in [3.63, 3.8) is 0 Å². The summed E-state index contributed by atoms with van der Waals surface area (Å²) in [6, 6.07) is 8.64. The molecule has 1 heterocycles. The lowest BCUT2D eigenvalue weighted by Crippen LogP contribution is -2.41. The Labute approximate surface area is 137 Å². The maximum Gasteiger partial charge on any atom is 0.468 e. The van der Waals surface area contributed by atoms with Crippen LogP contribution < -0.4 is 5.19 Å². The van der Waals surface area contributed by atoms with Crippen LogP contribution in [0.3, 0.4) is 0 Å². The Morgan fingerprint density at radius 1 is 1.09 bits per heavy atom. The van der Waals surface area contributed by atoms with Crippen molar-refractivity contribution in [2.24, 2.45) is 0 Å². The lowest BCUT2D eigenvalue weighted by molar-refractivity contribution is 0.00578. The zero-order chi connectivity index (χ0) is 16.5. The van der Waals surface area contributed by atoms with Crippen LogP contribution in [0.15, 0.2) is 24.3 Å². The Bertz CT molecular complexity index is 500. The predicted octanol–water partition coefficient (Wildman–Crippen LogP) is 3.01. The van der Waals surface area contributed by atoms with E-state index in [0.29, 0.717) is 6.61 Å². The third-order valence-corrected chi connectivity index (χ3v) is 6.38. The maximum absolute atomic E-state index is 6.28. The highest BCUT2D eigenvalue weighted by Crippen LogP contribution is 2.40. The molecular formula is C17H28BO3Si. The molecule has 1 saturated heterocycles. The SMILES string of the molecule is COCC(B1OC(C)(C)C(C)(C)O1)c1ccccc1[Si](C)C.